The van der Waals surface area contributed by atoms with Crippen LogP contribution in [0, 0.1) is 0 Å². The quantitative estimate of drug-likeness (QED) is 0.741. The molecular formula is C9H13Cl3GeSi. The molecule has 1 aromatic carbocycles. The van der Waals surface area contributed by atoms with Crippen molar-refractivity contribution in [1.29, 1.82) is 0 Å². The van der Waals surface area contributed by atoms with Gasteiger partial charge in [-0.3, -0.25) is 0 Å². The third-order valence-electron chi connectivity index (χ3n) is 2.20. The van der Waals surface area contributed by atoms with Crippen LogP contribution >= 0.6 is 30.0 Å². The molecule has 0 spiro atoms. The van der Waals surface area contributed by atoms with Gasteiger partial charge in [-0.25, -0.2) is 0 Å². The van der Waals surface area contributed by atoms with E-state index < -0.39 is 18.6 Å². The third kappa shape index (κ3) is 4.15. The van der Waals surface area contributed by atoms with Crippen LogP contribution in [0.4, 0.5) is 0 Å². The Morgan fingerprint density at radius 1 is 1.07 bits per heavy atom. The normalized spacial score (nSPS) is 12.9. The van der Waals surface area contributed by atoms with E-state index in [0.29, 0.717) is 0 Å². The summed E-state index contributed by atoms with van der Waals surface area (Å²) in [7, 11) is 13.6. The van der Waals surface area contributed by atoms with Crippen LogP contribution in [-0.4, -0.2) is 18.6 Å². The molecule has 0 bridgehead atoms. The summed E-state index contributed by atoms with van der Waals surface area (Å²) >= 11 is 0. The summed E-state index contributed by atoms with van der Waals surface area (Å²) in [5.41, 5.74) is 0. The average Bonchev–Trinajstić information content (AvgIpc) is 2.01. The molecule has 78 valence electrons. The predicted octanol–water partition coefficient (Wildman–Crippen LogP) is 3.80. The molecule has 0 amide bonds. The van der Waals surface area contributed by atoms with E-state index in [1.54, 1.807) is 0 Å². The fourth-order valence-electron chi connectivity index (χ4n) is 1.49. The minimum absolute atomic E-state index is 0.835. The van der Waals surface area contributed by atoms with Gasteiger partial charge in [0.2, 0.25) is 0 Å². The van der Waals surface area contributed by atoms with E-state index in [0.717, 1.165) is 4.88 Å². The Morgan fingerprint density at radius 2 is 1.57 bits per heavy atom. The second kappa shape index (κ2) is 4.79. The van der Waals surface area contributed by atoms with Gasteiger partial charge in [0.15, 0.2) is 0 Å². The maximum absolute atomic E-state index is 6.02. The molecule has 14 heavy (non-hydrogen) atoms. The van der Waals surface area contributed by atoms with Crippen molar-refractivity contribution >= 4 is 53.8 Å². The molecule has 0 heterocycles. The van der Waals surface area contributed by atoms with Crippen LogP contribution in [0.2, 0.25) is 18.0 Å². The molecule has 5 heteroatoms. The van der Waals surface area contributed by atoms with E-state index in [4.69, 9.17) is 30.0 Å². The van der Waals surface area contributed by atoms with E-state index in [1.807, 2.05) is 6.07 Å². The third-order valence-corrected chi connectivity index (χ3v) is 19.7. The van der Waals surface area contributed by atoms with Gasteiger partial charge in [-0.15, -0.1) is 0 Å². The molecule has 0 aromatic heterocycles. The van der Waals surface area contributed by atoms with Gasteiger partial charge in [-0.05, 0) is 0 Å². The zero-order valence-corrected chi connectivity index (χ0v) is 13.6. The van der Waals surface area contributed by atoms with Crippen molar-refractivity contribution in [3.05, 3.63) is 30.3 Å². The van der Waals surface area contributed by atoms with Gasteiger partial charge in [0.25, 0.3) is 0 Å². The van der Waals surface area contributed by atoms with Crippen LogP contribution in [-0.2, 0) is 0 Å². The van der Waals surface area contributed by atoms with Gasteiger partial charge in [-0.2, -0.15) is 0 Å². The van der Waals surface area contributed by atoms with Gasteiger partial charge in [0.1, 0.15) is 0 Å². The number of halogens is 3. The van der Waals surface area contributed by atoms with Crippen LogP contribution in [0.5, 0.6) is 0 Å². The van der Waals surface area contributed by atoms with Crippen molar-refractivity contribution in [2.75, 3.05) is 0 Å². The monoisotopic (exact) mass is 328 g/mol. The molecule has 0 atom stereocenters. The molecule has 0 aliphatic rings. The molecule has 0 aliphatic heterocycles. The second-order valence-corrected chi connectivity index (χ2v) is 26.6. The number of benzene rings is 1. The standard InChI is InChI=1S/C9H13Cl3GeSi/c1-14(2,8-13(10,11)12)9-6-4-3-5-7-9/h3-7H,8H2,1-2H3. The van der Waals surface area contributed by atoms with Crippen LogP contribution in [0.25, 0.3) is 0 Å². The average molecular weight is 328 g/mol. The van der Waals surface area contributed by atoms with Crippen molar-refractivity contribution in [3.8, 4) is 0 Å². The van der Waals surface area contributed by atoms with E-state index in [1.165, 1.54) is 5.19 Å². The van der Waals surface area contributed by atoms with Crippen LogP contribution in [0.3, 0.4) is 0 Å². The van der Waals surface area contributed by atoms with Crippen molar-refractivity contribution in [2.24, 2.45) is 0 Å². The summed E-state index contributed by atoms with van der Waals surface area (Å²) in [5, 5.41) is 1.37. The van der Waals surface area contributed by atoms with Gasteiger partial charge in [0, 0.05) is 0 Å². The molecule has 0 N–H and O–H groups in total. The van der Waals surface area contributed by atoms with E-state index in [2.05, 4.69) is 37.4 Å². The van der Waals surface area contributed by atoms with Crippen molar-refractivity contribution < 1.29 is 0 Å². The summed E-state index contributed by atoms with van der Waals surface area (Å²) in [6.07, 6.45) is 0. The SMILES string of the molecule is C[Si](C)([CH2][Ge]([Cl])([Cl])[Cl])c1ccccc1. The number of rotatable bonds is 3. The first-order valence-electron chi connectivity index (χ1n) is 4.43. The molecule has 0 aliphatic carbocycles. The van der Waals surface area contributed by atoms with Crippen molar-refractivity contribution in [3.63, 3.8) is 0 Å². The van der Waals surface area contributed by atoms with Gasteiger partial charge in [-0.1, -0.05) is 0 Å². The van der Waals surface area contributed by atoms with Crippen molar-refractivity contribution in [2.45, 2.75) is 18.0 Å². The number of hydrogen-bond donors (Lipinski definition) is 0. The van der Waals surface area contributed by atoms with E-state index in [9.17, 15) is 0 Å². The summed E-state index contributed by atoms with van der Waals surface area (Å²) in [5.74, 6) is 0. The molecule has 0 nitrogen and oxygen atoms in total. The Labute approximate surface area is 101 Å². The zero-order valence-electron chi connectivity index (χ0n) is 8.23. The summed E-state index contributed by atoms with van der Waals surface area (Å²) in [4.78, 5) is 0.835. The second-order valence-electron chi connectivity index (χ2n) is 4.04. The summed E-state index contributed by atoms with van der Waals surface area (Å²) in [6, 6.07) is 10.4. The van der Waals surface area contributed by atoms with Crippen molar-refractivity contribution in [1.82, 2.24) is 0 Å². The molecule has 0 fully saturated rings. The Kier molecular flexibility index (Phi) is 4.42. The fraction of sp³-hybridized carbons (Fsp3) is 0.333. The van der Waals surface area contributed by atoms with Crippen LogP contribution in [0.1, 0.15) is 0 Å². The fourth-order valence-corrected chi connectivity index (χ4v) is 27.0. The molecule has 1 aromatic rings. The molecular weight excluding hydrogens is 315 g/mol. The molecule has 0 saturated heterocycles. The Morgan fingerprint density at radius 3 is 2.00 bits per heavy atom. The molecule has 0 saturated carbocycles. The predicted molar refractivity (Wildman–Crippen MR) is 71.7 cm³/mol. The summed E-state index contributed by atoms with van der Waals surface area (Å²) < 4.78 is 0. The topological polar surface area (TPSA) is 0 Å². The first-order chi connectivity index (χ1) is 6.31. The zero-order chi connectivity index (χ0) is 10.8. The van der Waals surface area contributed by atoms with Crippen LogP contribution < -0.4 is 5.19 Å². The molecule has 0 radical (unpaired) electrons. The molecule has 0 unspecified atom stereocenters. The maximum atomic E-state index is 6.02. The number of hydrogen-bond acceptors (Lipinski definition) is 0. The van der Waals surface area contributed by atoms with Gasteiger partial charge < -0.3 is 0 Å². The van der Waals surface area contributed by atoms with Gasteiger partial charge in [0.05, 0.1) is 0 Å². The van der Waals surface area contributed by atoms with Crippen LogP contribution in [0.15, 0.2) is 30.3 Å². The Balaban J connectivity index is 2.86. The Hall–Kier alpha value is 0.850. The van der Waals surface area contributed by atoms with E-state index >= 15 is 0 Å². The summed E-state index contributed by atoms with van der Waals surface area (Å²) in [6.45, 7) is 4.52. The first-order valence-corrected chi connectivity index (χ1v) is 17.4. The molecule has 1 rings (SSSR count). The first kappa shape index (κ1) is 12.9. The minimum atomic E-state index is -2.97. The van der Waals surface area contributed by atoms with E-state index in [-0.39, 0.29) is 0 Å². The Bertz CT molecular complexity index is 295. The van der Waals surface area contributed by atoms with Gasteiger partial charge >= 0.3 is 102 Å².